The molecule has 1 aromatic rings. The number of amides is 1. The summed E-state index contributed by atoms with van der Waals surface area (Å²) in [7, 11) is -1.35. The quantitative estimate of drug-likeness (QED) is 0.638. The number of hydrogen-bond donors (Lipinski definition) is 0. The van der Waals surface area contributed by atoms with Gasteiger partial charge in [0.1, 0.15) is 22.3 Å². The van der Waals surface area contributed by atoms with Crippen LogP contribution >= 0.6 is 15.9 Å². The number of carbonyl (C=O) groups excluding carboxylic acids is 1. The minimum Gasteiger partial charge on any atom is -0.486 e. The van der Waals surface area contributed by atoms with Crippen LogP contribution in [0.5, 0.6) is 5.75 Å². The first-order chi connectivity index (χ1) is 13.1. The highest BCUT2D eigenvalue weighted by molar-refractivity contribution is 9.10. The molecule has 2 heterocycles. The van der Waals surface area contributed by atoms with Crippen LogP contribution in [0.15, 0.2) is 27.1 Å². The van der Waals surface area contributed by atoms with E-state index in [2.05, 4.69) is 20.3 Å². The van der Waals surface area contributed by atoms with Gasteiger partial charge in [-0.25, -0.2) is 9.00 Å². The van der Waals surface area contributed by atoms with Crippen molar-refractivity contribution < 1.29 is 18.5 Å². The Morgan fingerprint density at radius 1 is 1.36 bits per heavy atom. The Bertz CT molecular complexity index is 811. The third-order valence-electron chi connectivity index (χ3n) is 4.99. The molecule has 0 saturated carbocycles. The predicted molar refractivity (Wildman–Crippen MR) is 114 cm³/mol. The van der Waals surface area contributed by atoms with Crippen molar-refractivity contribution in [1.29, 1.82) is 0 Å². The molecule has 8 heteroatoms. The molecule has 28 heavy (non-hydrogen) atoms. The predicted octanol–water partition coefficient (Wildman–Crippen LogP) is 4.47. The van der Waals surface area contributed by atoms with Crippen molar-refractivity contribution >= 4 is 38.7 Å². The van der Waals surface area contributed by atoms with Crippen molar-refractivity contribution in [2.45, 2.75) is 57.3 Å². The van der Waals surface area contributed by atoms with Gasteiger partial charge in [0.2, 0.25) is 0 Å². The SMILES string of the molecule is CCOC(=O)N1CCC2(CC1)CC(=N[S@@](=O)C(C)(C)C)c1cc(Br)ccc1O2. The second kappa shape index (κ2) is 8.14. The first-order valence-electron chi connectivity index (χ1n) is 9.54. The average molecular weight is 471 g/mol. The molecule has 6 nitrogen and oxygen atoms in total. The molecule has 0 radical (unpaired) electrons. The zero-order valence-corrected chi connectivity index (χ0v) is 19.2. The van der Waals surface area contributed by atoms with Gasteiger partial charge in [-0.2, -0.15) is 4.40 Å². The van der Waals surface area contributed by atoms with Crippen LogP contribution in [0, 0.1) is 0 Å². The Hall–Kier alpha value is -1.41. The van der Waals surface area contributed by atoms with Gasteiger partial charge in [0.25, 0.3) is 0 Å². The lowest BCUT2D eigenvalue weighted by Crippen LogP contribution is -2.52. The second-order valence-corrected chi connectivity index (χ2v) is 11.0. The van der Waals surface area contributed by atoms with Crippen molar-refractivity contribution in [1.82, 2.24) is 4.90 Å². The molecule has 1 amide bonds. The van der Waals surface area contributed by atoms with Crippen LogP contribution in [-0.4, -0.2) is 51.0 Å². The van der Waals surface area contributed by atoms with E-state index in [1.54, 1.807) is 11.8 Å². The van der Waals surface area contributed by atoms with E-state index in [4.69, 9.17) is 9.47 Å². The molecule has 3 rings (SSSR count). The molecule has 0 N–H and O–H groups in total. The van der Waals surface area contributed by atoms with E-state index in [1.807, 2.05) is 39.0 Å². The standard InChI is InChI=1S/C20H27BrN2O4S/c1-5-26-18(24)23-10-8-20(9-11-23)13-16(22-28(25)19(2,3)4)15-12-14(21)6-7-17(15)27-20/h6-7,12H,5,8-11,13H2,1-4H3/t28-/m0/s1. The number of hydrogen-bond acceptors (Lipinski definition) is 4. The van der Waals surface area contributed by atoms with Gasteiger partial charge < -0.3 is 14.4 Å². The molecule has 2 aliphatic heterocycles. The van der Waals surface area contributed by atoms with Gasteiger partial charge in [-0.1, -0.05) is 15.9 Å². The van der Waals surface area contributed by atoms with Gasteiger partial charge in [0.05, 0.1) is 17.1 Å². The first-order valence-corrected chi connectivity index (χ1v) is 11.4. The maximum absolute atomic E-state index is 12.7. The van der Waals surface area contributed by atoms with Crippen molar-refractivity contribution in [3.05, 3.63) is 28.2 Å². The van der Waals surface area contributed by atoms with Crippen molar-refractivity contribution in [3.8, 4) is 5.75 Å². The Morgan fingerprint density at radius 3 is 2.64 bits per heavy atom. The number of benzene rings is 1. The number of carbonyl (C=O) groups is 1. The molecule has 0 aliphatic carbocycles. The van der Waals surface area contributed by atoms with Crippen LogP contribution in [0.3, 0.4) is 0 Å². The number of likely N-dealkylation sites (tertiary alicyclic amines) is 1. The molecule has 1 atom stereocenters. The Kier molecular flexibility index (Phi) is 6.20. The van der Waals surface area contributed by atoms with Crippen LogP contribution < -0.4 is 4.74 Å². The molecule has 0 aromatic heterocycles. The molecule has 1 aromatic carbocycles. The van der Waals surface area contributed by atoms with E-state index in [0.29, 0.717) is 39.0 Å². The van der Waals surface area contributed by atoms with Gasteiger partial charge in [-0.3, -0.25) is 0 Å². The molecule has 1 spiro atoms. The number of ether oxygens (including phenoxy) is 2. The lowest BCUT2D eigenvalue weighted by atomic mass is 9.82. The summed E-state index contributed by atoms with van der Waals surface area (Å²) in [5.41, 5.74) is 1.25. The number of rotatable bonds is 2. The Labute approximate surface area is 177 Å². The van der Waals surface area contributed by atoms with E-state index in [-0.39, 0.29) is 6.09 Å². The Balaban J connectivity index is 1.89. The van der Waals surface area contributed by atoms with Crippen molar-refractivity contribution in [3.63, 3.8) is 0 Å². The summed E-state index contributed by atoms with van der Waals surface area (Å²) >= 11 is 3.51. The lowest BCUT2D eigenvalue weighted by Gasteiger charge is -2.44. The summed E-state index contributed by atoms with van der Waals surface area (Å²) < 4.78 is 29.4. The van der Waals surface area contributed by atoms with Crippen LogP contribution in [-0.2, 0) is 15.7 Å². The fourth-order valence-corrected chi connectivity index (χ4v) is 4.39. The molecule has 154 valence electrons. The molecular formula is C20H27BrN2O4S. The molecule has 2 aliphatic rings. The van der Waals surface area contributed by atoms with Crippen LogP contribution in [0.4, 0.5) is 4.79 Å². The zero-order valence-electron chi connectivity index (χ0n) is 16.8. The molecular weight excluding hydrogens is 444 g/mol. The van der Waals surface area contributed by atoms with Gasteiger partial charge in [-0.15, -0.1) is 0 Å². The normalized spacial score (nSPS) is 21.2. The number of nitrogens with zero attached hydrogens (tertiary/aromatic N) is 2. The van der Waals surface area contributed by atoms with Gasteiger partial charge in [-0.05, 0) is 45.9 Å². The van der Waals surface area contributed by atoms with Crippen molar-refractivity contribution in [2.75, 3.05) is 19.7 Å². The van der Waals surface area contributed by atoms with Gasteiger partial charge in [0.15, 0.2) is 0 Å². The minimum absolute atomic E-state index is 0.278. The largest absolute Gasteiger partial charge is 0.486 e. The van der Waals surface area contributed by atoms with Crippen LogP contribution in [0.25, 0.3) is 0 Å². The van der Waals surface area contributed by atoms with Crippen LogP contribution in [0.1, 0.15) is 52.5 Å². The summed E-state index contributed by atoms with van der Waals surface area (Å²) in [6.07, 6.45) is 1.67. The summed E-state index contributed by atoms with van der Waals surface area (Å²) in [5.74, 6) is 0.753. The zero-order chi connectivity index (χ0) is 20.5. The first kappa shape index (κ1) is 21.3. The summed E-state index contributed by atoms with van der Waals surface area (Å²) in [5, 5.41) is 0. The lowest BCUT2D eigenvalue weighted by molar-refractivity contribution is 0.00229. The summed E-state index contributed by atoms with van der Waals surface area (Å²) in [6, 6.07) is 5.83. The summed E-state index contributed by atoms with van der Waals surface area (Å²) in [4.78, 5) is 13.7. The maximum Gasteiger partial charge on any atom is 0.409 e. The summed E-state index contributed by atoms with van der Waals surface area (Å²) in [6.45, 7) is 9.07. The van der Waals surface area contributed by atoms with E-state index in [1.165, 1.54) is 0 Å². The third kappa shape index (κ3) is 4.59. The van der Waals surface area contributed by atoms with E-state index in [9.17, 15) is 9.00 Å². The topological polar surface area (TPSA) is 68.2 Å². The molecule has 1 saturated heterocycles. The number of halogens is 1. The number of piperidine rings is 1. The van der Waals surface area contributed by atoms with E-state index in [0.717, 1.165) is 21.5 Å². The fraction of sp³-hybridized carbons (Fsp3) is 0.600. The minimum atomic E-state index is -1.35. The maximum atomic E-state index is 12.7. The average Bonchev–Trinajstić information content (AvgIpc) is 2.62. The van der Waals surface area contributed by atoms with E-state index < -0.39 is 21.3 Å². The molecule has 0 unspecified atom stereocenters. The third-order valence-corrected chi connectivity index (χ3v) is 6.91. The van der Waals surface area contributed by atoms with E-state index >= 15 is 0 Å². The molecule has 0 bridgehead atoms. The van der Waals surface area contributed by atoms with Crippen molar-refractivity contribution in [2.24, 2.45) is 4.40 Å². The molecule has 1 fully saturated rings. The second-order valence-electron chi connectivity index (χ2n) is 8.19. The highest BCUT2D eigenvalue weighted by atomic mass is 79.9. The fourth-order valence-electron chi connectivity index (χ4n) is 3.40. The number of fused-ring (bicyclic) bond motifs is 1. The highest BCUT2D eigenvalue weighted by Gasteiger charge is 2.43. The smallest absolute Gasteiger partial charge is 0.409 e. The monoisotopic (exact) mass is 470 g/mol. The van der Waals surface area contributed by atoms with Crippen LogP contribution in [0.2, 0.25) is 0 Å². The van der Waals surface area contributed by atoms with Gasteiger partial charge >= 0.3 is 6.09 Å². The van der Waals surface area contributed by atoms with Gasteiger partial charge in [0, 0.05) is 42.4 Å². The Morgan fingerprint density at radius 2 is 2.04 bits per heavy atom. The highest BCUT2D eigenvalue weighted by Crippen LogP contribution is 2.41.